The molecular weight excluding hydrogens is 1410 g/mol. The van der Waals surface area contributed by atoms with Crippen LogP contribution in [0.5, 0.6) is 0 Å². The molecule has 17 unspecified atom stereocenters. The average molecular weight is 1580 g/mol. The Morgan fingerprint density at radius 3 is 0.964 bits per heavy atom. The van der Waals surface area contributed by atoms with Gasteiger partial charge in [-0.3, -0.25) is 4.79 Å². The molecule has 650 valence electrons. The van der Waals surface area contributed by atoms with Gasteiger partial charge < -0.3 is 89.9 Å². The molecule has 0 aromatic rings. The monoisotopic (exact) mass is 1580 g/mol. The van der Waals surface area contributed by atoms with Crippen LogP contribution in [0, 0.1) is 0 Å². The number of unbranched alkanes of at least 4 members (excludes halogenated alkanes) is 51. The van der Waals surface area contributed by atoms with Crippen LogP contribution in [0.25, 0.3) is 0 Å². The summed E-state index contributed by atoms with van der Waals surface area (Å²) in [6, 6.07) is -0.993. The number of ether oxygens (including phenoxy) is 6. The Morgan fingerprint density at radius 1 is 0.324 bits per heavy atom. The molecule has 0 aliphatic carbocycles. The molecule has 3 rings (SSSR count). The Bertz CT molecular complexity index is 2230. The number of hydrogen-bond donors (Lipinski definition) is 12. The normalized spacial score (nSPS) is 25.3. The molecule has 1 amide bonds. The van der Waals surface area contributed by atoms with Gasteiger partial charge in [-0.05, 0) is 70.6 Å². The average Bonchev–Trinajstić information content (AvgIpc) is 0.779. The Labute approximate surface area is 675 Å². The standard InChI is InChI=1S/C92H169NO18/c1-3-5-7-9-11-13-15-17-19-21-23-25-27-29-31-33-34-35-36-37-38-39-40-42-44-46-48-50-52-54-56-58-60-62-64-66-68-70-80(98)93-75(76(97)69-67-65-63-61-59-57-55-53-51-49-47-45-43-41-32-30-28-26-24-22-20-18-16-14-12-10-8-6-4-2)74-106-90-86(104)83(101)88(78(72-95)108-90)111-92-87(105)84(102)89(79(73-96)109-92)110-91-85(103)82(100)81(99)77(71-94)107-91/h15,17,21,23,27,29,59,61,67,69,75-79,81-92,94-97,99-105H,3-14,16,18-20,22,24-26,28,30-58,60,62-66,68,70-74H2,1-2H3,(H,93,98)/b17-15-,23-21-,29-27-,61-59+,69-67+. The maximum Gasteiger partial charge on any atom is 0.220 e. The lowest BCUT2D eigenvalue weighted by Gasteiger charge is -2.48. The van der Waals surface area contributed by atoms with Crippen molar-refractivity contribution in [2.75, 3.05) is 26.4 Å². The minimum Gasteiger partial charge on any atom is -0.394 e. The summed E-state index contributed by atoms with van der Waals surface area (Å²) in [4.78, 5) is 13.5. The van der Waals surface area contributed by atoms with Crippen molar-refractivity contribution in [3.05, 3.63) is 60.8 Å². The van der Waals surface area contributed by atoms with E-state index < -0.39 is 124 Å². The van der Waals surface area contributed by atoms with E-state index in [2.05, 4.69) is 67.8 Å². The number of amides is 1. The molecule has 17 atom stereocenters. The maximum atomic E-state index is 13.5. The predicted molar refractivity (Wildman–Crippen MR) is 448 cm³/mol. The fraction of sp³-hybridized carbons (Fsp3) is 0.880. The summed E-state index contributed by atoms with van der Waals surface area (Å²) in [5.74, 6) is -0.279. The number of allylic oxidation sites excluding steroid dienone is 9. The Hall–Kier alpha value is -2.51. The van der Waals surface area contributed by atoms with Crippen LogP contribution in [-0.4, -0.2) is 193 Å². The SMILES string of the molecule is CCCCCCC/C=C\C/C=C\C/C=C\CCCCCCCCCCCCCCCCCCCCCCCCC(=O)NC(COC1OC(CO)C(OC2OC(CO)C(OC3OC(CO)C(O)C(O)C3O)C(O)C2O)C(O)C1O)C(O)/C=C/CC/C=C/CCCCCCCCCCCCCCCCCCCCCCCCC. The second-order valence-corrected chi connectivity index (χ2v) is 32.8. The van der Waals surface area contributed by atoms with Gasteiger partial charge in [-0.25, -0.2) is 0 Å². The lowest BCUT2D eigenvalue weighted by molar-refractivity contribution is -0.379. The summed E-state index contributed by atoms with van der Waals surface area (Å²) >= 11 is 0. The molecule has 19 heteroatoms. The van der Waals surface area contributed by atoms with Crippen molar-refractivity contribution < 1.29 is 89.4 Å². The highest BCUT2D eigenvalue weighted by Gasteiger charge is 2.54. The molecule has 0 aromatic carbocycles. The molecule has 0 bridgehead atoms. The van der Waals surface area contributed by atoms with Crippen LogP contribution in [0.1, 0.15) is 386 Å². The third-order valence-electron chi connectivity index (χ3n) is 22.8. The molecule has 0 aromatic heterocycles. The van der Waals surface area contributed by atoms with Gasteiger partial charge in [-0.2, -0.15) is 0 Å². The molecule has 12 N–H and O–H groups in total. The quantitative estimate of drug-likeness (QED) is 0.0199. The third-order valence-corrected chi connectivity index (χ3v) is 22.8. The van der Waals surface area contributed by atoms with Gasteiger partial charge in [0.15, 0.2) is 18.9 Å². The number of carbonyl (C=O) groups is 1. The van der Waals surface area contributed by atoms with Gasteiger partial charge in [0.2, 0.25) is 5.91 Å². The first-order chi connectivity index (χ1) is 54.3. The summed E-state index contributed by atoms with van der Waals surface area (Å²) in [7, 11) is 0. The van der Waals surface area contributed by atoms with Gasteiger partial charge in [-0.1, -0.05) is 370 Å². The zero-order chi connectivity index (χ0) is 80.3. The van der Waals surface area contributed by atoms with Crippen molar-refractivity contribution in [2.45, 2.75) is 491 Å². The molecule has 3 fully saturated rings. The van der Waals surface area contributed by atoms with Crippen LogP contribution in [-0.2, 0) is 33.2 Å². The molecule has 19 nitrogen and oxygen atoms in total. The molecule has 3 heterocycles. The van der Waals surface area contributed by atoms with E-state index in [1.807, 2.05) is 6.08 Å². The first-order valence-electron chi connectivity index (χ1n) is 46.0. The van der Waals surface area contributed by atoms with Crippen LogP contribution in [0.15, 0.2) is 60.8 Å². The van der Waals surface area contributed by atoms with E-state index in [9.17, 15) is 61.0 Å². The highest BCUT2D eigenvalue weighted by atomic mass is 16.8. The largest absolute Gasteiger partial charge is 0.394 e. The molecule has 0 radical (unpaired) electrons. The fourth-order valence-electron chi connectivity index (χ4n) is 15.5. The summed E-state index contributed by atoms with van der Waals surface area (Å²) < 4.78 is 34.5. The second kappa shape index (κ2) is 71.6. The van der Waals surface area contributed by atoms with Gasteiger partial charge in [0.25, 0.3) is 0 Å². The summed E-state index contributed by atoms with van der Waals surface area (Å²) in [6.07, 6.45) is 68.1. The smallest absolute Gasteiger partial charge is 0.220 e. The fourth-order valence-corrected chi connectivity index (χ4v) is 15.5. The number of carbonyl (C=O) groups excluding carboxylic acids is 1. The molecule has 111 heavy (non-hydrogen) atoms. The highest BCUT2D eigenvalue weighted by Crippen LogP contribution is 2.34. The summed E-state index contributed by atoms with van der Waals surface area (Å²) in [5.41, 5.74) is 0. The number of nitrogens with one attached hydrogen (secondary N) is 1. The predicted octanol–water partition coefficient (Wildman–Crippen LogP) is 17.7. The molecule has 3 saturated heterocycles. The van der Waals surface area contributed by atoms with E-state index in [1.165, 1.54) is 302 Å². The van der Waals surface area contributed by atoms with Crippen molar-refractivity contribution in [3.8, 4) is 0 Å². The highest BCUT2D eigenvalue weighted by molar-refractivity contribution is 5.76. The second-order valence-electron chi connectivity index (χ2n) is 32.8. The minimum atomic E-state index is -1.98. The Kier molecular flexibility index (Phi) is 66.2. The van der Waals surface area contributed by atoms with Gasteiger partial charge in [0.05, 0.1) is 38.6 Å². The van der Waals surface area contributed by atoms with Crippen LogP contribution < -0.4 is 5.32 Å². The van der Waals surface area contributed by atoms with Gasteiger partial charge in [-0.15, -0.1) is 0 Å². The number of aliphatic hydroxyl groups is 11. The van der Waals surface area contributed by atoms with Crippen molar-refractivity contribution in [3.63, 3.8) is 0 Å². The van der Waals surface area contributed by atoms with Gasteiger partial charge in [0, 0.05) is 6.42 Å². The molecule has 0 saturated carbocycles. The topological polar surface area (TPSA) is 307 Å². The first-order valence-corrected chi connectivity index (χ1v) is 46.0. The lowest BCUT2D eigenvalue weighted by atomic mass is 9.96. The number of aliphatic hydroxyl groups excluding tert-OH is 11. The van der Waals surface area contributed by atoms with Crippen molar-refractivity contribution >= 4 is 5.91 Å². The van der Waals surface area contributed by atoms with E-state index in [4.69, 9.17) is 28.4 Å². The molecule has 0 spiro atoms. The van der Waals surface area contributed by atoms with Crippen molar-refractivity contribution in [1.29, 1.82) is 0 Å². The van der Waals surface area contributed by atoms with E-state index in [1.54, 1.807) is 6.08 Å². The summed E-state index contributed by atoms with van der Waals surface area (Å²) in [5, 5.41) is 121. The number of rotatable bonds is 75. The van der Waals surface area contributed by atoms with Gasteiger partial charge in [0.1, 0.15) is 73.2 Å². The van der Waals surface area contributed by atoms with E-state index in [0.29, 0.717) is 12.8 Å². The van der Waals surface area contributed by atoms with E-state index >= 15 is 0 Å². The maximum absolute atomic E-state index is 13.5. The summed E-state index contributed by atoms with van der Waals surface area (Å²) in [6.45, 7) is 1.77. The lowest BCUT2D eigenvalue weighted by Crippen LogP contribution is -2.66. The molecule has 3 aliphatic rings. The zero-order valence-electron chi connectivity index (χ0n) is 70.2. The van der Waals surface area contributed by atoms with E-state index in [0.717, 1.165) is 51.4 Å². The van der Waals surface area contributed by atoms with Crippen LogP contribution in [0.3, 0.4) is 0 Å². The van der Waals surface area contributed by atoms with Crippen LogP contribution in [0.2, 0.25) is 0 Å². The Morgan fingerprint density at radius 2 is 0.604 bits per heavy atom. The zero-order valence-corrected chi connectivity index (χ0v) is 70.2. The molecular formula is C92H169NO18. The molecule has 3 aliphatic heterocycles. The van der Waals surface area contributed by atoms with Crippen LogP contribution in [0.4, 0.5) is 0 Å². The minimum absolute atomic E-state index is 0.238. The van der Waals surface area contributed by atoms with E-state index in [-0.39, 0.29) is 18.9 Å². The van der Waals surface area contributed by atoms with Crippen molar-refractivity contribution in [1.82, 2.24) is 5.32 Å². The Balaban J connectivity index is 1.32. The van der Waals surface area contributed by atoms with Crippen molar-refractivity contribution in [2.24, 2.45) is 0 Å². The van der Waals surface area contributed by atoms with Crippen LogP contribution >= 0.6 is 0 Å². The van der Waals surface area contributed by atoms with Gasteiger partial charge >= 0.3 is 0 Å². The number of hydrogen-bond acceptors (Lipinski definition) is 18. The third kappa shape index (κ3) is 50.1. The first kappa shape index (κ1) is 103.